The molecule has 7 fully saturated rings. The predicted octanol–water partition coefficient (Wildman–Crippen LogP) is 11.5. The lowest BCUT2D eigenvalue weighted by molar-refractivity contribution is -0.0831. The van der Waals surface area contributed by atoms with E-state index in [1.54, 1.807) is 11.1 Å². The normalized spacial score (nSPS) is 48.0. The highest BCUT2D eigenvalue weighted by Crippen LogP contribution is 2.68. The van der Waals surface area contributed by atoms with Gasteiger partial charge in [-0.2, -0.15) is 0 Å². The van der Waals surface area contributed by atoms with E-state index in [0.717, 1.165) is 87.2 Å². The van der Waals surface area contributed by atoms with Crippen molar-refractivity contribution in [1.29, 1.82) is 0 Å². The van der Waals surface area contributed by atoms with Crippen LogP contribution in [0.2, 0.25) is 0 Å². The summed E-state index contributed by atoms with van der Waals surface area (Å²) >= 11 is 0. The summed E-state index contributed by atoms with van der Waals surface area (Å²) in [5.74, 6) is 5.96. The third kappa shape index (κ3) is 9.15. The molecule has 0 aromatic heterocycles. The van der Waals surface area contributed by atoms with Crippen molar-refractivity contribution >= 4 is 0 Å². The molecule has 9 rings (SSSR count). The Morgan fingerprint density at radius 1 is 0.638 bits per heavy atom. The molecule has 0 amide bonds. The highest BCUT2D eigenvalue weighted by molar-refractivity contribution is 5.28. The SMILES string of the molecule is C.C.CC(C)(O)COC[C@H]1CC[C@H]2[C@@H]3CC=C4C[C@@](C)(O)CC[C@]4(C)[C@H]3CC[C@]12C.CC1(C)CO1.C[C@]1(O)CC[C@@]2(C)C(=CC[C@H]3[C@@H]4CC[C@H](CO)[C@@]4(C)CC[C@@H]32)C1. The number of fused-ring (bicyclic) bond motifs is 10. The van der Waals surface area contributed by atoms with E-state index in [4.69, 9.17) is 9.47 Å². The van der Waals surface area contributed by atoms with Crippen molar-refractivity contribution in [1.82, 2.24) is 0 Å². The summed E-state index contributed by atoms with van der Waals surface area (Å²) in [7, 11) is 0. The number of hydrogen-bond acceptors (Lipinski definition) is 6. The Hall–Kier alpha value is -0.760. The summed E-state index contributed by atoms with van der Waals surface area (Å²) in [4.78, 5) is 0. The molecule has 6 saturated carbocycles. The van der Waals surface area contributed by atoms with Gasteiger partial charge in [0.25, 0.3) is 0 Å². The minimum Gasteiger partial charge on any atom is -0.396 e. The quantitative estimate of drug-likeness (QED) is 0.163. The van der Waals surface area contributed by atoms with Crippen molar-refractivity contribution in [3.05, 3.63) is 23.3 Å². The fraction of sp³-hybridized carbons (Fsp3) is 0.923. The molecule has 1 saturated heterocycles. The van der Waals surface area contributed by atoms with E-state index in [2.05, 4.69) is 53.7 Å². The van der Waals surface area contributed by atoms with Crippen LogP contribution in [0.1, 0.15) is 187 Å². The number of epoxide rings is 1. The third-order valence-electron chi connectivity index (χ3n) is 18.9. The van der Waals surface area contributed by atoms with Gasteiger partial charge in [0.05, 0.1) is 42.2 Å². The Bertz CT molecular complexity index is 1480. The number of aliphatic hydroxyl groups excluding tert-OH is 1. The molecule has 0 aromatic rings. The van der Waals surface area contributed by atoms with Gasteiger partial charge >= 0.3 is 0 Å². The standard InChI is InChI=1S/C25H42O3.C21H34O2.C4H8O.2CH4/c1-22(2,26)16-28-15-18-7-9-20-19-8-6-17-14-23(3,27)12-13-25(17,5)21(19)10-11-24(18,20)4;1-19(23)10-11-21(3)14(12-19)4-6-16-17-7-5-15(13-22)20(17,2)9-8-18(16)21;1-4(2)3-5-4;;/h6,18-21,26-27H,7-16H2,1-5H3;4,15-18,22-23H,5-13H2,1-3H3;3H2,1-2H3;2*1H4/t18-,19+,20+,21+,23+,24-,25+;15-,16+,17+,18+,19+,20-,21+;;;/m11.../s1. The fourth-order valence-corrected chi connectivity index (χ4v) is 15.0. The molecule has 14 atom stereocenters. The summed E-state index contributed by atoms with van der Waals surface area (Å²) in [6.45, 7) is 24.4. The van der Waals surface area contributed by atoms with Crippen LogP contribution in [0.3, 0.4) is 0 Å². The van der Waals surface area contributed by atoms with Crippen LogP contribution in [-0.4, -0.2) is 69.3 Å². The first kappa shape index (κ1) is 48.3. The maximum atomic E-state index is 10.6. The van der Waals surface area contributed by atoms with E-state index in [1.807, 2.05) is 27.7 Å². The average molecular weight is 813 g/mol. The van der Waals surface area contributed by atoms with Crippen molar-refractivity contribution in [3.8, 4) is 0 Å². The van der Waals surface area contributed by atoms with Crippen molar-refractivity contribution < 1.29 is 29.9 Å². The van der Waals surface area contributed by atoms with Crippen LogP contribution in [0.4, 0.5) is 0 Å². The largest absolute Gasteiger partial charge is 0.396 e. The van der Waals surface area contributed by atoms with Gasteiger partial charge in [0, 0.05) is 6.61 Å². The van der Waals surface area contributed by atoms with Crippen LogP contribution in [-0.2, 0) is 9.47 Å². The van der Waals surface area contributed by atoms with E-state index in [-0.39, 0.29) is 20.5 Å². The second-order valence-corrected chi connectivity index (χ2v) is 24.1. The second kappa shape index (κ2) is 16.7. The van der Waals surface area contributed by atoms with E-state index in [1.165, 1.54) is 64.2 Å². The molecule has 0 spiro atoms. The summed E-state index contributed by atoms with van der Waals surface area (Å²) in [5.41, 5.74) is 3.02. The topological polar surface area (TPSA) is 103 Å². The van der Waals surface area contributed by atoms with Gasteiger partial charge < -0.3 is 29.9 Å². The van der Waals surface area contributed by atoms with Gasteiger partial charge in [0.2, 0.25) is 0 Å². The smallest absolute Gasteiger partial charge is 0.0860 e. The van der Waals surface area contributed by atoms with Crippen LogP contribution in [0, 0.1) is 69.0 Å². The molecule has 0 unspecified atom stereocenters. The molecule has 58 heavy (non-hydrogen) atoms. The van der Waals surface area contributed by atoms with Gasteiger partial charge in [-0.3, -0.25) is 0 Å². The van der Waals surface area contributed by atoms with Gasteiger partial charge in [-0.15, -0.1) is 0 Å². The number of hydrogen-bond donors (Lipinski definition) is 4. The molecule has 8 aliphatic carbocycles. The molecule has 0 aromatic carbocycles. The van der Waals surface area contributed by atoms with Crippen molar-refractivity contribution in [2.45, 2.75) is 209 Å². The first-order valence-electron chi connectivity index (χ1n) is 23.3. The van der Waals surface area contributed by atoms with E-state index >= 15 is 0 Å². The number of allylic oxidation sites excluding steroid dienone is 2. The van der Waals surface area contributed by atoms with Gasteiger partial charge in [-0.25, -0.2) is 0 Å². The lowest BCUT2D eigenvalue weighted by Crippen LogP contribution is -2.52. The fourth-order valence-electron chi connectivity index (χ4n) is 15.0. The molecule has 1 aliphatic heterocycles. The average Bonchev–Trinajstić information content (AvgIpc) is 3.53. The van der Waals surface area contributed by atoms with Crippen molar-refractivity contribution in [3.63, 3.8) is 0 Å². The van der Waals surface area contributed by atoms with Gasteiger partial charge in [0.1, 0.15) is 0 Å². The molecule has 0 radical (unpaired) electrons. The predicted molar refractivity (Wildman–Crippen MR) is 239 cm³/mol. The van der Waals surface area contributed by atoms with Gasteiger partial charge in [0.15, 0.2) is 0 Å². The Balaban J connectivity index is 0.000000193. The third-order valence-corrected chi connectivity index (χ3v) is 18.9. The molecular weight excluding hydrogens is 721 g/mol. The van der Waals surface area contributed by atoms with Gasteiger partial charge in [-0.1, -0.05) is 65.8 Å². The van der Waals surface area contributed by atoms with Crippen LogP contribution < -0.4 is 0 Å². The summed E-state index contributed by atoms with van der Waals surface area (Å²) in [6, 6.07) is 0. The molecule has 336 valence electrons. The monoisotopic (exact) mass is 813 g/mol. The van der Waals surface area contributed by atoms with Crippen LogP contribution in [0.25, 0.3) is 0 Å². The lowest BCUT2D eigenvalue weighted by Gasteiger charge is -2.59. The Morgan fingerprint density at radius 3 is 1.45 bits per heavy atom. The number of rotatable bonds is 5. The van der Waals surface area contributed by atoms with Crippen LogP contribution in [0.15, 0.2) is 23.3 Å². The Labute approximate surface area is 356 Å². The second-order valence-electron chi connectivity index (χ2n) is 24.1. The highest BCUT2D eigenvalue weighted by Gasteiger charge is 2.60. The minimum absolute atomic E-state index is 0. The van der Waals surface area contributed by atoms with Crippen LogP contribution >= 0.6 is 0 Å². The van der Waals surface area contributed by atoms with Crippen LogP contribution in [0.5, 0.6) is 0 Å². The maximum Gasteiger partial charge on any atom is 0.0860 e. The van der Waals surface area contributed by atoms with Gasteiger partial charge in [-0.05, 0) is 213 Å². The number of aliphatic hydroxyl groups is 4. The zero-order valence-corrected chi connectivity index (χ0v) is 37.5. The van der Waals surface area contributed by atoms with Crippen molar-refractivity contribution in [2.75, 3.05) is 26.4 Å². The Morgan fingerprint density at radius 2 is 1.05 bits per heavy atom. The van der Waals surface area contributed by atoms with E-state index in [9.17, 15) is 20.4 Å². The molecule has 6 heteroatoms. The molecule has 9 aliphatic rings. The first-order valence-corrected chi connectivity index (χ1v) is 23.3. The molecule has 4 N–H and O–H groups in total. The van der Waals surface area contributed by atoms with Crippen molar-refractivity contribution in [2.24, 2.45) is 69.0 Å². The zero-order valence-electron chi connectivity index (χ0n) is 37.5. The molecule has 6 nitrogen and oxygen atoms in total. The molecule has 1 heterocycles. The first-order chi connectivity index (χ1) is 26.0. The maximum absolute atomic E-state index is 10.6. The summed E-state index contributed by atoms with van der Waals surface area (Å²) in [6.07, 6.45) is 23.8. The molecular formula is C52H92O6. The zero-order chi connectivity index (χ0) is 40.7. The summed E-state index contributed by atoms with van der Waals surface area (Å²) in [5, 5.41) is 40.9. The lowest BCUT2D eigenvalue weighted by atomic mass is 9.47. The van der Waals surface area contributed by atoms with E-state index in [0.29, 0.717) is 46.7 Å². The Kier molecular flexibility index (Phi) is 13.9. The van der Waals surface area contributed by atoms with E-state index < -0.39 is 16.8 Å². The minimum atomic E-state index is -0.738. The molecule has 0 bridgehead atoms. The summed E-state index contributed by atoms with van der Waals surface area (Å²) < 4.78 is 10.9. The highest BCUT2D eigenvalue weighted by atomic mass is 16.6. The number of ether oxygens (including phenoxy) is 2.